The van der Waals surface area contributed by atoms with Crippen LogP contribution in [0, 0.1) is 0 Å². The van der Waals surface area contributed by atoms with Gasteiger partial charge in [0.25, 0.3) is 5.91 Å². The van der Waals surface area contributed by atoms with Crippen molar-refractivity contribution in [3.63, 3.8) is 0 Å². The Morgan fingerprint density at radius 2 is 2.03 bits per heavy atom. The smallest absolute Gasteiger partial charge is 0.326 e. The molecule has 0 bridgehead atoms. The number of aromatic nitrogens is 1. The Balaban J connectivity index is 1.28. The number of hydrogen-bond acceptors (Lipinski definition) is 5. The summed E-state index contributed by atoms with van der Waals surface area (Å²) in [6.07, 6.45) is 3.54. The van der Waals surface area contributed by atoms with Crippen molar-refractivity contribution in [3.8, 4) is 0 Å². The number of likely N-dealkylation sites (tertiary alicyclic amines) is 1. The van der Waals surface area contributed by atoms with Gasteiger partial charge in [-0.3, -0.25) is 9.69 Å². The molecule has 10 heteroatoms. The molecule has 0 radical (unpaired) electrons. The summed E-state index contributed by atoms with van der Waals surface area (Å²) in [5.74, 6) is -0.907. The van der Waals surface area contributed by atoms with E-state index >= 15 is 4.39 Å². The summed E-state index contributed by atoms with van der Waals surface area (Å²) in [7, 11) is 0. The summed E-state index contributed by atoms with van der Waals surface area (Å²) in [4.78, 5) is 30.9. The molecule has 3 N–H and O–H groups in total. The van der Waals surface area contributed by atoms with Gasteiger partial charge in [-0.1, -0.05) is 35.3 Å². The van der Waals surface area contributed by atoms with Crippen molar-refractivity contribution in [1.29, 1.82) is 0 Å². The topological polar surface area (TPSA) is 94.6 Å². The van der Waals surface area contributed by atoms with E-state index in [-0.39, 0.29) is 28.6 Å². The number of nitrogens with one attached hydrogen (secondary N) is 2. The molecule has 3 heterocycles. The summed E-state index contributed by atoms with van der Waals surface area (Å²) >= 11 is 12.1. The first-order valence-corrected chi connectivity index (χ1v) is 12.6. The molecular formula is C25H29Cl2FN4O3. The van der Waals surface area contributed by atoms with Gasteiger partial charge in [0.1, 0.15) is 17.5 Å². The van der Waals surface area contributed by atoms with Crippen LogP contribution in [0.25, 0.3) is 0 Å². The quantitative estimate of drug-likeness (QED) is 0.452. The molecule has 188 valence electrons. The molecule has 0 spiro atoms. The summed E-state index contributed by atoms with van der Waals surface area (Å²) in [5, 5.41) is 15.7. The van der Waals surface area contributed by atoms with Crippen LogP contribution in [0.5, 0.6) is 0 Å². The number of hydrogen-bond donors (Lipinski definition) is 3. The zero-order chi connectivity index (χ0) is 25.0. The fourth-order valence-corrected chi connectivity index (χ4v) is 5.26. The molecule has 2 aliphatic heterocycles. The molecular weight excluding hydrogens is 494 g/mol. The van der Waals surface area contributed by atoms with E-state index in [9.17, 15) is 14.7 Å². The highest BCUT2D eigenvalue weighted by atomic mass is 35.5. The molecule has 1 aromatic carbocycles. The van der Waals surface area contributed by atoms with Crippen LogP contribution in [0.1, 0.15) is 47.3 Å². The van der Waals surface area contributed by atoms with Gasteiger partial charge in [0.15, 0.2) is 0 Å². The van der Waals surface area contributed by atoms with Crippen LogP contribution >= 0.6 is 23.2 Å². The van der Waals surface area contributed by atoms with Crippen molar-refractivity contribution in [2.45, 2.75) is 50.2 Å². The van der Waals surface area contributed by atoms with Crippen LogP contribution in [0.2, 0.25) is 10.0 Å². The lowest BCUT2D eigenvalue weighted by molar-refractivity contribution is -0.139. The zero-order valence-corrected chi connectivity index (χ0v) is 20.8. The molecule has 2 atom stereocenters. The molecule has 4 rings (SSSR count). The van der Waals surface area contributed by atoms with Crippen LogP contribution in [0.3, 0.4) is 0 Å². The van der Waals surface area contributed by atoms with E-state index in [0.29, 0.717) is 32.4 Å². The third kappa shape index (κ3) is 6.42. The van der Waals surface area contributed by atoms with E-state index in [0.717, 1.165) is 30.9 Å². The van der Waals surface area contributed by atoms with Gasteiger partial charge in [0.05, 0.1) is 15.6 Å². The van der Waals surface area contributed by atoms with Crippen LogP contribution in [0.15, 0.2) is 30.3 Å². The first kappa shape index (κ1) is 25.7. The van der Waals surface area contributed by atoms with Gasteiger partial charge in [-0.15, -0.1) is 0 Å². The molecule has 1 unspecified atom stereocenters. The van der Waals surface area contributed by atoms with Gasteiger partial charge in [-0.05, 0) is 62.3 Å². The highest BCUT2D eigenvalue weighted by Gasteiger charge is 2.38. The van der Waals surface area contributed by atoms with Crippen LogP contribution in [-0.4, -0.2) is 64.8 Å². The molecule has 7 nitrogen and oxygen atoms in total. The van der Waals surface area contributed by atoms with Crippen molar-refractivity contribution in [1.82, 2.24) is 15.2 Å². The molecule has 2 aromatic rings. The SMILES string of the molecule is O=C(NC(CCN1CC[C@](F)(CCc2ccc3c(n2)NCCC3)C1)C(=O)O)c1c(Cl)cccc1Cl. The second-order valence-electron chi connectivity index (χ2n) is 9.27. The molecule has 1 saturated heterocycles. The number of carbonyl (C=O) groups is 2. The maximum Gasteiger partial charge on any atom is 0.326 e. The van der Waals surface area contributed by atoms with Crippen LogP contribution in [-0.2, 0) is 17.6 Å². The number of carbonyl (C=O) groups excluding carboxylic acids is 1. The minimum absolute atomic E-state index is 0.0389. The van der Waals surface area contributed by atoms with E-state index in [1.54, 1.807) is 6.07 Å². The fourth-order valence-electron chi connectivity index (χ4n) is 4.69. The number of halogens is 3. The number of benzene rings is 1. The standard InChI is InChI=1S/C25H29Cl2FN4O3/c26-18-4-1-5-19(27)21(18)23(33)31-20(24(34)35)9-13-32-14-11-25(28,15-32)10-8-17-7-6-16-3-2-12-29-22(16)30-17/h1,4-7,20H,2-3,8-15H2,(H,29,30)(H,31,33)(H,34,35)/t20?,25-/m1/s1. The van der Waals surface area contributed by atoms with Gasteiger partial charge in [0, 0.05) is 31.9 Å². The van der Waals surface area contributed by atoms with E-state index in [4.69, 9.17) is 23.2 Å². The van der Waals surface area contributed by atoms with Gasteiger partial charge < -0.3 is 15.7 Å². The highest BCUT2D eigenvalue weighted by molar-refractivity contribution is 6.39. The first-order chi connectivity index (χ1) is 16.7. The summed E-state index contributed by atoms with van der Waals surface area (Å²) in [6, 6.07) is 7.54. The largest absolute Gasteiger partial charge is 0.480 e. The summed E-state index contributed by atoms with van der Waals surface area (Å²) in [6.45, 7) is 2.02. The van der Waals surface area contributed by atoms with Gasteiger partial charge >= 0.3 is 5.97 Å². The number of anilines is 1. The summed E-state index contributed by atoms with van der Waals surface area (Å²) in [5.41, 5.74) is 0.773. The fraction of sp³-hybridized carbons (Fsp3) is 0.480. The van der Waals surface area contributed by atoms with E-state index in [2.05, 4.69) is 21.7 Å². The van der Waals surface area contributed by atoms with Gasteiger partial charge in [-0.25, -0.2) is 14.2 Å². The molecule has 0 aliphatic carbocycles. The summed E-state index contributed by atoms with van der Waals surface area (Å²) < 4.78 is 15.5. The number of fused-ring (bicyclic) bond motifs is 1. The molecule has 35 heavy (non-hydrogen) atoms. The molecule has 1 fully saturated rings. The number of nitrogens with zero attached hydrogens (tertiary/aromatic N) is 2. The first-order valence-electron chi connectivity index (χ1n) is 11.9. The van der Waals surface area contributed by atoms with Gasteiger partial charge in [0.2, 0.25) is 0 Å². The Hall–Kier alpha value is -2.42. The van der Waals surface area contributed by atoms with Crippen LogP contribution in [0.4, 0.5) is 10.2 Å². The van der Waals surface area contributed by atoms with Crippen molar-refractivity contribution < 1.29 is 19.1 Å². The third-order valence-electron chi connectivity index (χ3n) is 6.69. The van der Waals surface area contributed by atoms with Crippen molar-refractivity contribution in [3.05, 3.63) is 57.2 Å². The molecule has 1 aromatic heterocycles. The Morgan fingerprint density at radius 3 is 2.77 bits per heavy atom. The number of aliphatic carboxylic acids is 1. The van der Waals surface area contributed by atoms with E-state index < -0.39 is 23.6 Å². The number of rotatable bonds is 9. The molecule has 0 saturated carbocycles. The van der Waals surface area contributed by atoms with Crippen LogP contribution < -0.4 is 10.6 Å². The third-order valence-corrected chi connectivity index (χ3v) is 7.32. The number of aryl methyl sites for hydroxylation is 2. The van der Waals surface area contributed by atoms with Crippen molar-refractivity contribution in [2.24, 2.45) is 0 Å². The average molecular weight is 523 g/mol. The number of amides is 1. The normalized spacial score (nSPS) is 20.7. The van der Waals surface area contributed by atoms with E-state index in [1.807, 2.05) is 11.0 Å². The minimum atomic E-state index is -1.35. The maximum atomic E-state index is 15.5. The molecule has 2 aliphatic rings. The number of carboxylic acid groups (broad SMARTS) is 1. The number of alkyl halides is 1. The second-order valence-corrected chi connectivity index (χ2v) is 10.1. The molecule has 1 amide bonds. The highest BCUT2D eigenvalue weighted by Crippen LogP contribution is 2.31. The zero-order valence-electron chi connectivity index (χ0n) is 19.3. The predicted molar refractivity (Wildman–Crippen MR) is 134 cm³/mol. The van der Waals surface area contributed by atoms with Gasteiger partial charge in [-0.2, -0.15) is 0 Å². The predicted octanol–water partition coefficient (Wildman–Crippen LogP) is 4.37. The number of pyridine rings is 1. The maximum absolute atomic E-state index is 15.5. The number of carboxylic acids is 1. The Morgan fingerprint density at radius 1 is 1.26 bits per heavy atom. The average Bonchev–Trinajstić information content (AvgIpc) is 3.21. The monoisotopic (exact) mass is 522 g/mol. The lowest BCUT2D eigenvalue weighted by Gasteiger charge is -2.23. The Labute approximate surface area is 214 Å². The van der Waals surface area contributed by atoms with Crippen molar-refractivity contribution in [2.75, 3.05) is 31.5 Å². The van der Waals surface area contributed by atoms with E-state index in [1.165, 1.54) is 17.7 Å². The Bertz CT molecular complexity index is 1080. The second kappa shape index (κ2) is 11.1. The minimum Gasteiger partial charge on any atom is -0.480 e. The Kier molecular flexibility index (Phi) is 8.14. The lowest BCUT2D eigenvalue weighted by atomic mass is 9.97. The lowest BCUT2D eigenvalue weighted by Crippen LogP contribution is -2.43. The van der Waals surface area contributed by atoms with Crippen molar-refractivity contribution >= 4 is 40.9 Å².